The Morgan fingerprint density at radius 3 is 3.08 bits per heavy atom. The van der Waals surface area contributed by atoms with Crippen LogP contribution in [0.15, 0.2) is 12.7 Å². The summed E-state index contributed by atoms with van der Waals surface area (Å²) in [5.74, 6) is -0.423. The molecular weight excluding hydrogens is 170 g/mol. The summed E-state index contributed by atoms with van der Waals surface area (Å²) >= 11 is 0. The van der Waals surface area contributed by atoms with Crippen LogP contribution >= 0.6 is 0 Å². The maximum atomic E-state index is 11.2. The van der Waals surface area contributed by atoms with Gasteiger partial charge in [-0.05, 0) is 6.42 Å². The van der Waals surface area contributed by atoms with Crippen LogP contribution in [0.25, 0.3) is 0 Å². The standard InChI is InChI=1S/C9H15NO3/c1-3-4-6-7(11)5-10-8(6)9(12)13-2/h3,6-8,10-11H,1,4-5H2,2H3/t6?,7?,8-/m1/s1. The topological polar surface area (TPSA) is 58.6 Å². The molecule has 3 atom stereocenters. The predicted octanol–water partition coefficient (Wildman–Crippen LogP) is -0.316. The van der Waals surface area contributed by atoms with Gasteiger partial charge in [0.15, 0.2) is 0 Å². The molecule has 1 heterocycles. The van der Waals surface area contributed by atoms with Crippen molar-refractivity contribution < 1.29 is 14.6 Å². The third-order valence-electron chi connectivity index (χ3n) is 2.36. The number of aliphatic hydroxyl groups is 1. The van der Waals surface area contributed by atoms with Crippen LogP contribution in [0.5, 0.6) is 0 Å². The van der Waals surface area contributed by atoms with E-state index in [0.717, 1.165) is 0 Å². The van der Waals surface area contributed by atoms with Gasteiger partial charge in [0.1, 0.15) is 6.04 Å². The molecule has 2 unspecified atom stereocenters. The summed E-state index contributed by atoms with van der Waals surface area (Å²) in [7, 11) is 1.35. The molecule has 0 aliphatic carbocycles. The van der Waals surface area contributed by atoms with E-state index in [2.05, 4.69) is 16.6 Å². The Morgan fingerprint density at radius 2 is 2.54 bits per heavy atom. The molecule has 0 aromatic carbocycles. The van der Waals surface area contributed by atoms with Crippen molar-refractivity contribution in [1.82, 2.24) is 5.32 Å². The number of nitrogens with one attached hydrogen (secondary N) is 1. The maximum absolute atomic E-state index is 11.2. The molecule has 74 valence electrons. The summed E-state index contributed by atoms with van der Waals surface area (Å²) in [6, 6.07) is -0.391. The second-order valence-electron chi connectivity index (χ2n) is 3.16. The van der Waals surface area contributed by atoms with Crippen LogP contribution in [0.1, 0.15) is 6.42 Å². The molecule has 0 aromatic rings. The molecule has 0 aromatic heterocycles. The summed E-state index contributed by atoms with van der Waals surface area (Å²) in [5.41, 5.74) is 0. The van der Waals surface area contributed by atoms with Crippen molar-refractivity contribution in [1.29, 1.82) is 0 Å². The highest BCUT2D eigenvalue weighted by Gasteiger charge is 2.38. The molecule has 4 heteroatoms. The molecule has 1 saturated heterocycles. The lowest BCUT2D eigenvalue weighted by molar-refractivity contribution is -0.144. The first-order valence-electron chi connectivity index (χ1n) is 4.31. The van der Waals surface area contributed by atoms with Crippen molar-refractivity contribution in [2.24, 2.45) is 5.92 Å². The van der Waals surface area contributed by atoms with Crippen molar-refractivity contribution in [2.45, 2.75) is 18.6 Å². The number of allylic oxidation sites excluding steroid dienone is 1. The van der Waals surface area contributed by atoms with Crippen LogP contribution in [0.3, 0.4) is 0 Å². The summed E-state index contributed by atoms with van der Waals surface area (Å²) in [4.78, 5) is 11.2. The lowest BCUT2D eigenvalue weighted by Crippen LogP contribution is -2.37. The lowest BCUT2D eigenvalue weighted by Gasteiger charge is -2.17. The van der Waals surface area contributed by atoms with E-state index in [0.29, 0.717) is 13.0 Å². The molecule has 1 aliphatic heterocycles. The van der Waals surface area contributed by atoms with Gasteiger partial charge < -0.3 is 15.2 Å². The van der Waals surface area contributed by atoms with E-state index in [1.807, 2.05) is 0 Å². The zero-order valence-corrected chi connectivity index (χ0v) is 7.69. The van der Waals surface area contributed by atoms with Gasteiger partial charge >= 0.3 is 5.97 Å². The summed E-state index contributed by atoms with van der Waals surface area (Å²) < 4.78 is 4.61. The van der Waals surface area contributed by atoms with Crippen LogP contribution in [-0.4, -0.2) is 36.9 Å². The minimum absolute atomic E-state index is 0.107. The van der Waals surface area contributed by atoms with Gasteiger partial charge in [0.2, 0.25) is 0 Å². The smallest absolute Gasteiger partial charge is 0.323 e. The molecule has 13 heavy (non-hydrogen) atoms. The first kappa shape index (κ1) is 10.2. The lowest BCUT2D eigenvalue weighted by atomic mass is 9.95. The Hall–Kier alpha value is -0.870. The quantitative estimate of drug-likeness (QED) is 0.467. The van der Waals surface area contributed by atoms with Gasteiger partial charge in [-0.2, -0.15) is 0 Å². The van der Waals surface area contributed by atoms with E-state index in [9.17, 15) is 9.90 Å². The number of aliphatic hydroxyl groups excluding tert-OH is 1. The number of rotatable bonds is 3. The van der Waals surface area contributed by atoms with Crippen LogP contribution in [0.2, 0.25) is 0 Å². The Morgan fingerprint density at radius 1 is 1.85 bits per heavy atom. The molecule has 0 spiro atoms. The number of carbonyl (C=O) groups is 1. The van der Waals surface area contributed by atoms with Crippen molar-refractivity contribution in [3.8, 4) is 0 Å². The van der Waals surface area contributed by atoms with Crippen LogP contribution in [0.4, 0.5) is 0 Å². The molecule has 1 aliphatic rings. The zero-order chi connectivity index (χ0) is 9.84. The number of β-amino-alcohol motifs (C(OH)–C–C–N with tert-alkyl or cyclic N) is 1. The van der Waals surface area contributed by atoms with E-state index in [1.165, 1.54) is 7.11 Å². The van der Waals surface area contributed by atoms with E-state index in [4.69, 9.17) is 0 Å². The van der Waals surface area contributed by atoms with Gasteiger partial charge in [0, 0.05) is 12.5 Å². The number of hydrogen-bond acceptors (Lipinski definition) is 4. The van der Waals surface area contributed by atoms with E-state index >= 15 is 0 Å². The Labute approximate surface area is 77.6 Å². The SMILES string of the molecule is C=CCC1C(O)CN[C@H]1C(=O)OC. The number of carbonyl (C=O) groups excluding carboxylic acids is 1. The molecule has 0 amide bonds. The first-order chi connectivity index (χ1) is 6.20. The fourth-order valence-corrected chi connectivity index (χ4v) is 1.64. The van der Waals surface area contributed by atoms with Crippen molar-refractivity contribution in [3.63, 3.8) is 0 Å². The van der Waals surface area contributed by atoms with Gasteiger partial charge in [-0.3, -0.25) is 4.79 Å². The normalized spacial score (nSPS) is 32.9. The number of esters is 1. The minimum atomic E-state index is -0.484. The average molecular weight is 185 g/mol. The highest BCUT2D eigenvalue weighted by Crippen LogP contribution is 2.21. The number of methoxy groups -OCH3 is 1. The monoisotopic (exact) mass is 185 g/mol. The van der Waals surface area contributed by atoms with Crippen molar-refractivity contribution in [2.75, 3.05) is 13.7 Å². The Bertz CT molecular complexity index is 205. The van der Waals surface area contributed by atoms with Crippen molar-refractivity contribution >= 4 is 5.97 Å². The second-order valence-corrected chi connectivity index (χ2v) is 3.16. The molecule has 0 bridgehead atoms. The Balaban J connectivity index is 2.63. The molecular formula is C9H15NO3. The zero-order valence-electron chi connectivity index (χ0n) is 7.69. The highest BCUT2D eigenvalue weighted by molar-refractivity contribution is 5.76. The van der Waals surface area contributed by atoms with Crippen molar-refractivity contribution in [3.05, 3.63) is 12.7 Å². The Kier molecular flexibility index (Phi) is 3.45. The van der Waals surface area contributed by atoms with E-state index < -0.39 is 12.1 Å². The van der Waals surface area contributed by atoms with Crippen LogP contribution in [-0.2, 0) is 9.53 Å². The van der Waals surface area contributed by atoms with Gasteiger partial charge in [0.05, 0.1) is 13.2 Å². The largest absolute Gasteiger partial charge is 0.468 e. The van der Waals surface area contributed by atoms with Crippen LogP contribution in [0, 0.1) is 5.92 Å². The summed E-state index contributed by atoms with van der Waals surface area (Å²) in [6.07, 6.45) is 1.84. The minimum Gasteiger partial charge on any atom is -0.468 e. The van der Waals surface area contributed by atoms with E-state index in [-0.39, 0.29) is 11.9 Å². The molecule has 0 saturated carbocycles. The summed E-state index contributed by atoms with van der Waals surface area (Å²) in [5, 5.41) is 12.4. The molecule has 1 fully saturated rings. The van der Waals surface area contributed by atoms with Gasteiger partial charge in [-0.15, -0.1) is 6.58 Å². The van der Waals surface area contributed by atoms with Gasteiger partial charge in [0.25, 0.3) is 0 Å². The molecule has 2 N–H and O–H groups in total. The second kappa shape index (κ2) is 4.39. The molecule has 1 rings (SSSR count). The molecule has 0 radical (unpaired) electrons. The fourth-order valence-electron chi connectivity index (χ4n) is 1.64. The fraction of sp³-hybridized carbons (Fsp3) is 0.667. The third-order valence-corrected chi connectivity index (χ3v) is 2.36. The van der Waals surface area contributed by atoms with Gasteiger partial charge in [-0.1, -0.05) is 6.08 Å². The number of hydrogen-bond donors (Lipinski definition) is 2. The number of ether oxygens (including phenoxy) is 1. The molecule has 4 nitrogen and oxygen atoms in total. The average Bonchev–Trinajstić information content (AvgIpc) is 2.48. The maximum Gasteiger partial charge on any atom is 0.323 e. The predicted molar refractivity (Wildman–Crippen MR) is 48.1 cm³/mol. The van der Waals surface area contributed by atoms with Crippen LogP contribution < -0.4 is 5.32 Å². The first-order valence-corrected chi connectivity index (χ1v) is 4.31. The third kappa shape index (κ3) is 2.08. The highest BCUT2D eigenvalue weighted by atomic mass is 16.5. The van der Waals surface area contributed by atoms with Gasteiger partial charge in [-0.25, -0.2) is 0 Å². The van der Waals surface area contributed by atoms with E-state index in [1.54, 1.807) is 6.08 Å². The summed E-state index contributed by atoms with van der Waals surface area (Å²) in [6.45, 7) is 4.03.